The zero-order chi connectivity index (χ0) is 13.2. The fourth-order valence-corrected chi connectivity index (χ4v) is 3.46. The number of benzene rings is 1. The van der Waals surface area contributed by atoms with Gasteiger partial charge in [0.2, 0.25) is 0 Å². The van der Waals surface area contributed by atoms with Crippen LogP contribution in [0.25, 0.3) is 11.0 Å². The number of aromatic nitrogens is 2. The van der Waals surface area contributed by atoms with Crippen molar-refractivity contribution in [3.8, 4) is 0 Å². The van der Waals surface area contributed by atoms with Gasteiger partial charge in [-0.2, -0.15) is 0 Å². The van der Waals surface area contributed by atoms with Gasteiger partial charge in [0, 0.05) is 6.04 Å². The molecule has 1 fully saturated rings. The van der Waals surface area contributed by atoms with Crippen molar-refractivity contribution in [2.45, 2.75) is 57.4 Å². The molecule has 1 saturated carbocycles. The highest BCUT2D eigenvalue weighted by Crippen LogP contribution is 2.32. The molecule has 3 heteroatoms. The Balaban J connectivity index is 2.09. The van der Waals surface area contributed by atoms with Crippen molar-refractivity contribution >= 4 is 22.6 Å². The van der Waals surface area contributed by atoms with Crippen molar-refractivity contribution < 1.29 is 0 Å². The molecule has 1 aromatic carbocycles. The molecular weight excluding hydrogens is 256 g/mol. The molecule has 19 heavy (non-hydrogen) atoms. The third-order valence-electron chi connectivity index (χ3n) is 4.23. The van der Waals surface area contributed by atoms with Crippen LogP contribution in [-0.2, 0) is 5.88 Å². The number of rotatable bonds is 2. The lowest BCUT2D eigenvalue weighted by atomic mass is 10.1. The Labute approximate surface area is 119 Å². The van der Waals surface area contributed by atoms with Crippen LogP contribution in [0.15, 0.2) is 18.2 Å². The Bertz CT molecular complexity index is 565. The number of aryl methyl sites for hydroxylation is 1. The first-order valence-electron chi connectivity index (χ1n) is 7.33. The molecule has 2 aromatic rings. The first-order chi connectivity index (χ1) is 9.29. The van der Waals surface area contributed by atoms with E-state index in [0.717, 1.165) is 11.3 Å². The van der Waals surface area contributed by atoms with Gasteiger partial charge in [-0.15, -0.1) is 11.6 Å². The largest absolute Gasteiger partial charge is 0.324 e. The molecule has 0 unspecified atom stereocenters. The average Bonchev–Trinajstić information content (AvgIpc) is 2.60. The van der Waals surface area contributed by atoms with Gasteiger partial charge in [0.1, 0.15) is 5.82 Å². The molecule has 0 radical (unpaired) electrons. The maximum absolute atomic E-state index is 6.12. The van der Waals surface area contributed by atoms with E-state index in [9.17, 15) is 0 Å². The molecule has 3 rings (SSSR count). The van der Waals surface area contributed by atoms with Gasteiger partial charge in [-0.3, -0.25) is 0 Å². The number of imidazole rings is 1. The molecule has 0 amide bonds. The van der Waals surface area contributed by atoms with Crippen LogP contribution < -0.4 is 0 Å². The molecule has 0 N–H and O–H groups in total. The van der Waals surface area contributed by atoms with E-state index in [4.69, 9.17) is 16.6 Å². The predicted octanol–water partition coefficient (Wildman–Crippen LogP) is 4.98. The zero-order valence-electron chi connectivity index (χ0n) is 11.5. The number of hydrogen-bond acceptors (Lipinski definition) is 1. The molecule has 2 nitrogen and oxygen atoms in total. The van der Waals surface area contributed by atoms with Crippen molar-refractivity contribution in [1.29, 1.82) is 0 Å². The Hall–Kier alpha value is -1.02. The average molecular weight is 277 g/mol. The van der Waals surface area contributed by atoms with E-state index >= 15 is 0 Å². The summed E-state index contributed by atoms with van der Waals surface area (Å²) in [6.07, 6.45) is 7.94. The van der Waals surface area contributed by atoms with Crippen LogP contribution >= 0.6 is 11.6 Å². The van der Waals surface area contributed by atoms with Gasteiger partial charge in [-0.1, -0.05) is 31.7 Å². The number of alkyl halides is 1. The third-order valence-corrected chi connectivity index (χ3v) is 4.47. The van der Waals surface area contributed by atoms with Crippen molar-refractivity contribution in [3.63, 3.8) is 0 Å². The Morgan fingerprint density at radius 3 is 2.63 bits per heavy atom. The smallest absolute Gasteiger partial charge is 0.125 e. The monoisotopic (exact) mass is 276 g/mol. The molecule has 0 aliphatic heterocycles. The van der Waals surface area contributed by atoms with E-state index in [-0.39, 0.29) is 0 Å². The molecule has 0 atom stereocenters. The number of nitrogens with zero attached hydrogens (tertiary/aromatic N) is 2. The molecule has 102 valence electrons. The van der Waals surface area contributed by atoms with Gasteiger partial charge >= 0.3 is 0 Å². The second-order valence-corrected chi connectivity index (χ2v) is 5.94. The summed E-state index contributed by atoms with van der Waals surface area (Å²) < 4.78 is 2.41. The maximum Gasteiger partial charge on any atom is 0.125 e. The highest BCUT2D eigenvalue weighted by molar-refractivity contribution is 6.16. The summed E-state index contributed by atoms with van der Waals surface area (Å²) in [6, 6.07) is 7.14. The Kier molecular flexibility index (Phi) is 3.79. The normalized spacial score (nSPS) is 17.8. The molecule has 1 aliphatic carbocycles. The molecule has 1 aliphatic rings. The van der Waals surface area contributed by atoms with Crippen molar-refractivity contribution in [2.24, 2.45) is 0 Å². The number of fused-ring (bicyclic) bond motifs is 1. The van der Waals surface area contributed by atoms with E-state index in [1.54, 1.807) is 0 Å². The van der Waals surface area contributed by atoms with Crippen LogP contribution in [0.4, 0.5) is 0 Å². The van der Waals surface area contributed by atoms with Crippen LogP contribution in [0.5, 0.6) is 0 Å². The summed E-state index contributed by atoms with van der Waals surface area (Å²) in [5.74, 6) is 1.54. The summed E-state index contributed by atoms with van der Waals surface area (Å²) in [4.78, 5) is 4.73. The first-order valence-corrected chi connectivity index (χ1v) is 7.86. The summed E-state index contributed by atoms with van der Waals surface area (Å²) in [6.45, 7) is 2.12. The van der Waals surface area contributed by atoms with Gasteiger partial charge in [0.05, 0.1) is 16.9 Å². The predicted molar refractivity (Wildman–Crippen MR) is 80.8 cm³/mol. The zero-order valence-corrected chi connectivity index (χ0v) is 12.3. The number of hydrogen-bond donors (Lipinski definition) is 0. The van der Waals surface area contributed by atoms with Crippen LogP contribution in [0.1, 0.15) is 56.0 Å². The van der Waals surface area contributed by atoms with E-state index in [1.807, 2.05) is 0 Å². The standard InChI is InChI=1S/C16H21ClN2/c1-12-8-9-15-14(10-12)18-16(11-17)19(15)13-6-4-2-3-5-7-13/h8-10,13H,2-7,11H2,1H3. The Morgan fingerprint density at radius 1 is 1.21 bits per heavy atom. The lowest BCUT2D eigenvalue weighted by molar-refractivity contribution is 0.444. The van der Waals surface area contributed by atoms with Crippen molar-refractivity contribution in [2.75, 3.05) is 0 Å². The lowest BCUT2D eigenvalue weighted by Crippen LogP contribution is -2.11. The molecule has 0 bridgehead atoms. The van der Waals surface area contributed by atoms with Crippen LogP contribution in [0.2, 0.25) is 0 Å². The van der Waals surface area contributed by atoms with Gasteiger partial charge < -0.3 is 4.57 Å². The van der Waals surface area contributed by atoms with Crippen molar-refractivity contribution in [1.82, 2.24) is 9.55 Å². The summed E-state index contributed by atoms with van der Waals surface area (Å²) in [7, 11) is 0. The van der Waals surface area contributed by atoms with Gasteiger partial charge in [-0.05, 0) is 37.5 Å². The minimum atomic E-state index is 0.504. The minimum Gasteiger partial charge on any atom is -0.324 e. The first kappa shape index (κ1) is 13.0. The highest BCUT2D eigenvalue weighted by atomic mass is 35.5. The van der Waals surface area contributed by atoms with Crippen LogP contribution in [0.3, 0.4) is 0 Å². The quantitative estimate of drug-likeness (QED) is 0.559. The van der Waals surface area contributed by atoms with Gasteiger partial charge in [0.25, 0.3) is 0 Å². The van der Waals surface area contributed by atoms with Crippen molar-refractivity contribution in [3.05, 3.63) is 29.6 Å². The van der Waals surface area contributed by atoms with E-state index in [2.05, 4.69) is 29.7 Å². The van der Waals surface area contributed by atoms with Crippen LogP contribution in [-0.4, -0.2) is 9.55 Å². The fourth-order valence-electron chi connectivity index (χ4n) is 3.28. The minimum absolute atomic E-state index is 0.504. The molecule has 0 spiro atoms. The summed E-state index contributed by atoms with van der Waals surface area (Å²) in [5, 5.41) is 0. The topological polar surface area (TPSA) is 17.8 Å². The van der Waals surface area contributed by atoms with E-state index in [0.29, 0.717) is 11.9 Å². The summed E-state index contributed by atoms with van der Waals surface area (Å²) >= 11 is 6.12. The van der Waals surface area contributed by atoms with Gasteiger partial charge in [-0.25, -0.2) is 4.98 Å². The number of halogens is 1. The maximum atomic E-state index is 6.12. The third kappa shape index (κ3) is 2.51. The van der Waals surface area contributed by atoms with E-state index in [1.165, 1.54) is 49.6 Å². The molecule has 1 aromatic heterocycles. The molecule has 0 saturated heterocycles. The van der Waals surface area contributed by atoms with E-state index < -0.39 is 0 Å². The summed E-state index contributed by atoms with van der Waals surface area (Å²) in [5.41, 5.74) is 3.62. The molecular formula is C16H21ClN2. The molecule has 1 heterocycles. The van der Waals surface area contributed by atoms with Gasteiger partial charge in [0.15, 0.2) is 0 Å². The lowest BCUT2D eigenvalue weighted by Gasteiger charge is -2.19. The highest BCUT2D eigenvalue weighted by Gasteiger charge is 2.20. The van der Waals surface area contributed by atoms with Crippen LogP contribution in [0, 0.1) is 6.92 Å². The second kappa shape index (κ2) is 5.54. The fraction of sp³-hybridized carbons (Fsp3) is 0.562. The SMILES string of the molecule is Cc1ccc2c(c1)nc(CCl)n2C1CCCCCC1. The Morgan fingerprint density at radius 2 is 1.95 bits per heavy atom. The second-order valence-electron chi connectivity index (χ2n) is 5.67.